The van der Waals surface area contributed by atoms with E-state index in [1.807, 2.05) is 22.6 Å². The molecule has 0 saturated heterocycles. The zero-order chi connectivity index (χ0) is 9.35. The fourth-order valence-corrected chi connectivity index (χ4v) is 2.19. The summed E-state index contributed by atoms with van der Waals surface area (Å²) in [6.07, 6.45) is 0. The number of rotatable bonds is 1. The maximum atomic E-state index is 10.5. The van der Waals surface area contributed by atoms with Gasteiger partial charge in [-0.15, -0.1) is 0 Å². The molecule has 0 radical (unpaired) electrons. The van der Waals surface area contributed by atoms with Crippen LogP contribution in [-0.4, -0.2) is 13.0 Å². The zero-order valence-corrected chi connectivity index (χ0v) is 14.9. The van der Waals surface area contributed by atoms with E-state index >= 15 is 0 Å². The molecule has 0 N–H and O–H groups in total. The third-order valence-corrected chi connectivity index (χ3v) is 4.88. The first-order valence-corrected chi connectivity index (χ1v) is 6.39. The van der Waals surface area contributed by atoms with Crippen molar-refractivity contribution >= 4 is 55.3 Å². The average Bonchev–Trinajstić information content (AvgIpc) is 1.92. The molecule has 0 heterocycles. The molecule has 7 heteroatoms. The molecule has 0 unspecified atom stereocenters. The van der Waals surface area contributed by atoms with E-state index < -0.39 is 10.1 Å². The Kier molecular flexibility index (Phi) is 7.13. The molecule has 1 aromatic carbocycles. The second-order valence-electron chi connectivity index (χ2n) is 2.03. The van der Waals surface area contributed by atoms with Crippen molar-refractivity contribution in [3.8, 4) is 0 Å². The maximum Gasteiger partial charge on any atom is 1.00 e. The van der Waals surface area contributed by atoms with Crippen molar-refractivity contribution in [3.05, 3.63) is 25.3 Å². The molecule has 0 aromatic heterocycles. The van der Waals surface area contributed by atoms with Crippen LogP contribution in [0.15, 0.2) is 23.1 Å². The summed E-state index contributed by atoms with van der Waals surface area (Å²) in [7, 11) is -4.30. The quantitative estimate of drug-likeness (QED) is 0.309. The third-order valence-electron chi connectivity index (χ3n) is 1.18. The monoisotopic (exact) mass is 448 g/mol. The van der Waals surface area contributed by atoms with E-state index in [-0.39, 0.29) is 56.3 Å². The Morgan fingerprint density at radius 3 is 2.08 bits per heavy atom. The van der Waals surface area contributed by atoms with Crippen molar-refractivity contribution in [1.82, 2.24) is 0 Å². The van der Waals surface area contributed by atoms with Gasteiger partial charge in [-0.2, -0.15) is 0 Å². The number of hydrogen-bond donors (Lipinski definition) is 0. The van der Waals surface area contributed by atoms with Crippen molar-refractivity contribution in [3.63, 3.8) is 0 Å². The molecule has 0 aliphatic heterocycles. The summed E-state index contributed by atoms with van der Waals surface area (Å²) in [5.74, 6) is 0. The molecule has 0 aliphatic rings. The van der Waals surface area contributed by atoms with Crippen LogP contribution in [0, 0.1) is 7.14 Å². The normalized spacial score (nSPS) is 10.7. The Morgan fingerprint density at radius 1 is 1.15 bits per heavy atom. The third kappa shape index (κ3) is 4.72. The summed E-state index contributed by atoms with van der Waals surface area (Å²) >= 11 is 4.04. The molecule has 0 saturated carbocycles. The maximum absolute atomic E-state index is 10.5. The first-order chi connectivity index (χ1) is 5.41. The Hall–Kier alpha value is 2.23. The SMILES string of the molecule is O=S(=O)([O-])c1ccc(I)c(I)c1.[K+]. The van der Waals surface area contributed by atoms with E-state index in [4.69, 9.17) is 0 Å². The van der Waals surface area contributed by atoms with Crippen molar-refractivity contribution < 1.29 is 64.4 Å². The van der Waals surface area contributed by atoms with Crippen LogP contribution in [0.5, 0.6) is 0 Å². The molecule has 1 aromatic rings. The van der Waals surface area contributed by atoms with Crippen molar-refractivity contribution in [1.29, 1.82) is 0 Å². The Bertz CT molecular complexity index is 404. The van der Waals surface area contributed by atoms with E-state index in [1.165, 1.54) is 12.1 Å². The molecule has 13 heavy (non-hydrogen) atoms. The number of hydrogen-bond acceptors (Lipinski definition) is 3. The minimum atomic E-state index is -4.30. The topological polar surface area (TPSA) is 57.2 Å². The minimum Gasteiger partial charge on any atom is -0.744 e. The summed E-state index contributed by atoms with van der Waals surface area (Å²) in [4.78, 5) is -0.174. The van der Waals surface area contributed by atoms with Gasteiger partial charge in [-0.3, -0.25) is 0 Å². The van der Waals surface area contributed by atoms with Gasteiger partial charge in [0.05, 0.1) is 4.90 Å². The van der Waals surface area contributed by atoms with E-state index in [2.05, 4.69) is 22.6 Å². The predicted octanol–water partition coefficient (Wildman–Crippen LogP) is -1.20. The van der Waals surface area contributed by atoms with Crippen LogP contribution in [0.25, 0.3) is 0 Å². The Labute approximate surface area is 147 Å². The fourth-order valence-electron chi connectivity index (χ4n) is 0.632. The average molecular weight is 448 g/mol. The molecule has 0 bridgehead atoms. The van der Waals surface area contributed by atoms with Crippen LogP contribution >= 0.6 is 45.2 Å². The molecule has 0 amide bonds. The minimum absolute atomic E-state index is 0. The van der Waals surface area contributed by atoms with E-state index in [0.29, 0.717) is 0 Å². The molecule has 66 valence electrons. The first kappa shape index (κ1) is 15.2. The van der Waals surface area contributed by atoms with Gasteiger partial charge in [0.15, 0.2) is 0 Å². The fraction of sp³-hybridized carbons (Fsp3) is 0. The summed E-state index contributed by atoms with van der Waals surface area (Å²) in [5.41, 5.74) is 0. The summed E-state index contributed by atoms with van der Waals surface area (Å²) in [6, 6.07) is 4.28. The molecule has 3 nitrogen and oxygen atoms in total. The second kappa shape index (κ2) is 6.08. The van der Waals surface area contributed by atoms with Gasteiger partial charge in [0.1, 0.15) is 10.1 Å². The molecule has 0 aliphatic carbocycles. The van der Waals surface area contributed by atoms with E-state index in [0.717, 1.165) is 7.14 Å². The molecule has 0 spiro atoms. The zero-order valence-electron chi connectivity index (χ0n) is 6.62. The smallest absolute Gasteiger partial charge is 0.744 e. The van der Waals surface area contributed by atoms with Crippen LogP contribution < -0.4 is 51.4 Å². The largest absolute Gasteiger partial charge is 1.00 e. The second-order valence-corrected chi connectivity index (χ2v) is 5.73. The van der Waals surface area contributed by atoms with Crippen molar-refractivity contribution in [2.75, 3.05) is 0 Å². The van der Waals surface area contributed by atoms with Crippen LogP contribution in [-0.2, 0) is 10.1 Å². The molecule has 0 fully saturated rings. The Balaban J connectivity index is 0.00000144. The van der Waals surface area contributed by atoms with Crippen LogP contribution in [0.4, 0.5) is 0 Å². The summed E-state index contributed by atoms with van der Waals surface area (Å²) in [6.45, 7) is 0. The summed E-state index contributed by atoms with van der Waals surface area (Å²) in [5, 5.41) is 0. The first-order valence-electron chi connectivity index (χ1n) is 2.82. The van der Waals surface area contributed by atoms with Crippen LogP contribution in [0.2, 0.25) is 0 Å². The standard InChI is InChI=1S/C6H4I2O3S.K/c7-5-2-1-4(3-6(5)8)12(9,10)11;/h1-3H,(H,9,10,11);/q;+1/p-1. The van der Waals surface area contributed by atoms with Crippen molar-refractivity contribution in [2.45, 2.75) is 4.90 Å². The molecule has 0 atom stereocenters. The molecular formula is C6H3I2KO3S. The molecular weight excluding hydrogens is 445 g/mol. The van der Waals surface area contributed by atoms with Gasteiger partial charge >= 0.3 is 51.4 Å². The van der Waals surface area contributed by atoms with Gasteiger partial charge in [0.25, 0.3) is 0 Å². The van der Waals surface area contributed by atoms with Gasteiger partial charge in [-0.25, -0.2) is 8.42 Å². The van der Waals surface area contributed by atoms with Gasteiger partial charge < -0.3 is 4.55 Å². The van der Waals surface area contributed by atoms with Crippen LogP contribution in [0.1, 0.15) is 0 Å². The number of halogens is 2. The van der Waals surface area contributed by atoms with Crippen LogP contribution in [0.3, 0.4) is 0 Å². The Morgan fingerprint density at radius 2 is 1.69 bits per heavy atom. The van der Waals surface area contributed by atoms with E-state index in [1.54, 1.807) is 6.07 Å². The van der Waals surface area contributed by atoms with Gasteiger partial charge in [0, 0.05) is 7.14 Å². The van der Waals surface area contributed by atoms with Gasteiger partial charge in [0.2, 0.25) is 0 Å². The molecule has 1 rings (SSSR count). The number of benzene rings is 1. The van der Waals surface area contributed by atoms with Gasteiger partial charge in [-0.05, 0) is 63.4 Å². The summed E-state index contributed by atoms with van der Waals surface area (Å²) < 4.78 is 33.3. The predicted molar refractivity (Wildman–Crippen MR) is 59.8 cm³/mol. The van der Waals surface area contributed by atoms with Crippen molar-refractivity contribution in [2.24, 2.45) is 0 Å². The van der Waals surface area contributed by atoms with E-state index in [9.17, 15) is 13.0 Å². The van der Waals surface area contributed by atoms with Gasteiger partial charge in [-0.1, -0.05) is 0 Å².